The zero-order chi connectivity index (χ0) is 25.5. The number of hydrogen-bond acceptors (Lipinski definition) is 9. The fraction of sp³-hybridized carbons (Fsp3) is 0.500. The number of rotatable bonds is 3. The van der Waals surface area contributed by atoms with E-state index >= 15 is 0 Å². The summed E-state index contributed by atoms with van der Waals surface area (Å²) in [6.07, 6.45) is 3.34. The monoisotopic (exact) mass is 495 g/mol. The molecule has 6 rings (SSSR count). The topological polar surface area (TPSA) is 165 Å². The van der Waals surface area contributed by atoms with Gasteiger partial charge in [0.15, 0.2) is 11.4 Å². The number of nitrogens with two attached hydrogens (primary N) is 1. The SMILES string of the molecule is NC(=O)C1=C(O)[C@@]2(O)C(=O)C3=C(O)c4c(O)ccc(N5CCCC5)c4C[C@H]3CC2[C@@H](N2CCC2)C1=O. The van der Waals surface area contributed by atoms with Crippen molar-refractivity contribution < 1.29 is 34.8 Å². The lowest BCUT2D eigenvalue weighted by Gasteiger charge is -2.53. The Kier molecular flexibility index (Phi) is 5.00. The van der Waals surface area contributed by atoms with Gasteiger partial charge < -0.3 is 31.1 Å². The normalized spacial score (nSPS) is 32.2. The largest absolute Gasteiger partial charge is 0.508 e. The van der Waals surface area contributed by atoms with Crippen molar-refractivity contribution >= 4 is 28.9 Å². The van der Waals surface area contributed by atoms with Crippen molar-refractivity contribution in [2.75, 3.05) is 31.1 Å². The van der Waals surface area contributed by atoms with Crippen LogP contribution in [0.4, 0.5) is 5.69 Å². The van der Waals surface area contributed by atoms with E-state index in [0.717, 1.165) is 43.6 Å². The molecule has 2 saturated heterocycles. The number of aliphatic hydroxyl groups excluding tert-OH is 2. The third-order valence-electron chi connectivity index (χ3n) is 8.75. The molecular weight excluding hydrogens is 466 g/mol. The molecule has 1 aromatic carbocycles. The molecule has 0 spiro atoms. The number of aliphatic hydroxyl groups is 3. The Bertz CT molecular complexity index is 1270. The summed E-state index contributed by atoms with van der Waals surface area (Å²) in [7, 11) is 0. The van der Waals surface area contributed by atoms with E-state index < -0.39 is 58.0 Å². The summed E-state index contributed by atoms with van der Waals surface area (Å²) < 4.78 is 0. The third kappa shape index (κ3) is 2.88. The van der Waals surface area contributed by atoms with E-state index in [0.29, 0.717) is 19.5 Å². The number of phenolic OH excluding ortho intramolecular Hbond substituents is 1. The number of aromatic hydroxyl groups is 1. The molecule has 0 aromatic heterocycles. The van der Waals surface area contributed by atoms with Gasteiger partial charge in [-0.3, -0.25) is 19.3 Å². The minimum atomic E-state index is -2.59. The van der Waals surface area contributed by atoms with Gasteiger partial charge in [0.05, 0.1) is 11.6 Å². The number of carbonyl (C=O) groups is 3. The van der Waals surface area contributed by atoms with E-state index in [4.69, 9.17) is 5.73 Å². The van der Waals surface area contributed by atoms with Crippen molar-refractivity contribution in [3.8, 4) is 5.75 Å². The number of amides is 1. The Morgan fingerprint density at radius 1 is 1.03 bits per heavy atom. The summed E-state index contributed by atoms with van der Waals surface area (Å²) in [5, 5.41) is 44.7. The molecule has 6 N–H and O–H groups in total. The molecule has 2 heterocycles. The molecule has 36 heavy (non-hydrogen) atoms. The average Bonchev–Trinajstić information content (AvgIpc) is 3.32. The second-order valence-corrected chi connectivity index (χ2v) is 10.5. The molecule has 10 nitrogen and oxygen atoms in total. The van der Waals surface area contributed by atoms with Gasteiger partial charge in [0, 0.05) is 43.4 Å². The van der Waals surface area contributed by atoms with Crippen molar-refractivity contribution in [1.29, 1.82) is 0 Å². The van der Waals surface area contributed by atoms with Crippen molar-refractivity contribution in [2.45, 2.75) is 43.7 Å². The van der Waals surface area contributed by atoms with Crippen LogP contribution in [0, 0.1) is 11.8 Å². The Labute approximate surface area is 207 Å². The molecule has 0 bridgehead atoms. The fourth-order valence-electron chi connectivity index (χ4n) is 6.93. The molecule has 1 amide bonds. The highest BCUT2D eigenvalue weighted by Gasteiger charge is 2.65. The van der Waals surface area contributed by atoms with Crippen LogP contribution in [-0.2, 0) is 20.8 Å². The number of phenols is 1. The summed E-state index contributed by atoms with van der Waals surface area (Å²) >= 11 is 0. The van der Waals surface area contributed by atoms with E-state index in [9.17, 15) is 34.8 Å². The van der Waals surface area contributed by atoms with Crippen LogP contribution >= 0.6 is 0 Å². The number of Topliss-reactive ketones (excluding diaryl/α,β-unsaturated/α-hetero) is 2. The first-order valence-electron chi connectivity index (χ1n) is 12.5. The fourth-order valence-corrected chi connectivity index (χ4v) is 6.93. The van der Waals surface area contributed by atoms with Crippen LogP contribution in [-0.4, -0.2) is 80.6 Å². The average molecular weight is 496 g/mol. The molecule has 3 aliphatic carbocycles. The second kappa shape index (κ2) is 7.81. The van der Waals surface area contributed by atoms with Crippen molar-refractivity contribution in [2.24, 2.45) is 17.6 Å². The molecule has 1 aromatic rings. The highest BCUT2D eigenvalue weighted by atomic mass is 16.3. The smallest absolute Gasteiger partial charge is 0.255 e. The van der Waals surface area contributed by atoms with Crippen LogP contribution in [0.3, 0.4) is 0 Å². The van der Waals surface area contributed by atoms with Crippen LogP contribution in [0.25, 0.3) is 5.76 Å². The van der Waals surface area contributed by atoms with Crippen LogP contribution in [0.15, 0.2) is 29.0 Å². The Morgan fingerprint density at radius 2 is 1.72 bits per heavy atom. The van der Waals surface area contributed by atoms with Crippen molar-refractivity contribution in [3.63, 3.8) is 0 Å². The zero-order valence-corrected chi connectivity index (χ0v) is 19.7. The first-order chi connectivity index (χ1) is 17.2. The standard InChI is InChI=1S/C26H29N3O7/c27-25(35)19-22(32)20(29-8-3-9-29)14-11-12-10-13-15(28-6-1-2-7-28)4-5-16(30)18(13)21(31)17(12)23(33)26(14,36)24(19)34/h4-5,12,14,20,30-31,34,36H,1-3,6-11H2,(H2,27,35)/t12-,14?,20+,26-/m0/s1. The van der Waals surface area contributed by atoms with Crippen molar-refractivity contribution in [1.82, 2.24) is 4.90 Å². The molecule has 190 valence electrons. The zero-order valence-electron chi connectivity index (χ0n) is 19.7. The Morgan fingerprint density at radius 3 is 2.33 bits per heavy atom. The van der Waals surface area contributed by atoms with E-state index in [-0.39, 0.29) is 23.3 Å². The first-order valence-corrected chi connectivity index (χ1v) is 12.5. The van der Waals surface area contributed by atoms with Gasteiger partial charge >= 0.3 is 0 Å². The van der Waals surface area contributed by atoms with E-state index in [2.05, 4.69) is 4.90 Å². The number of fused-ring (bicyclic) bond motifs is 3. The number of anilines is 1. The lowest BCUT2D eigenvalue weighted by atomic mass is 9.57. The van der Waals surface area contributed by atoms with Gasteiger partial charge in [-0.1, -0.05) is 0 Å². The molecule has 0 radical (unpaired) electrons. The summed E-state index contributed by atoms with van der Waals surface area (Å²) in [4.78, 5) is 43.4. The number of likely N-dealkylation sites (tertiary alicyclic amines) is 1. The lowest BCUT2D eigenvalue weighted by Crippen LogP contribution is -2.68. The number of primary amides is 1. The molecule has 1 unspecified atom stereocenters. The van der Waals surface area contributed by atoms with Gasteiger partial charge in [0.25, 0.3) is 5.91 Å². The van der Waals surface area contributed by atoms with Gasteiger partial charge in [-0.2, -0.15) is 0 Å². The predicted octanol–water partition coefficient (Wildman–Crippen LogP) is 0.708. The number of hydrogen-bond donors (Lipinski definition) is 5. The number of nitrogens with zero attached hydrogens (tertiary/aromatic N) is 2. The quantitative estimate of drug-likeness (QED) is 0.380. The van der Waals surface area contributed by atoms with E-state index in [1.54, 1.807) is 4.90 Å². The number of carbonyl (C=O) groups excluding carboxylic acids is 3. The van der Waals surface area contributed by atoms with E-state index in [1.807, 2.05) is 6.07 Å². The second-order valence-electron chi connectivity index (χ2n) is 10.5. The first kappa shape index (κ1) is 23.1. The van der Waals surface area contributed by atoms with Gasteiger partial charge in [0.2, 0.25) is 5.78 Å². The summed E-state index contributed by atoms with van der Waals surface area (Å²) in [5.74, 6) is -6.11. The lowest BCUT2D eigenvalue weighted by molar-refractivity contribution is -0.157. The number of benzene rings is 1. The number of ketones is 2. The molecule has 2 aliphatic heterocycles. The molecule has 3 fully saturated rings. The maximum absolute atomic E-state index is 13.9. The summed E-state index contributed by atoms with van der Waals surface area (Å²) in [5.41, 5.74) is 3.69. The minimum absolute atomic E-state index is 0.109. The van der Waals surface area contributed by atoms with E-state index in [1.165, 1.54) is 6.07 Å². The molecule has 1 saturated carbocycles. The summed E-state index contributed by atoms with van der Waals surface area (Å²) in [6.45, 7) is 2.80. The Balaban J connectivity index is 1.53. The molecular formula is C26H29N3O7. The Hall–Kier alpha value is -3.37. The van der Waals surface area contributed by atoms with Crippen LogP contribution in [0.1, 0.15) is 36.8 Å². The molecule has 5 aliphatic rings. The highest BCUT2D eigenvalue weighted by molar-refractivity contribution is 6.24. The van der Waals surface area contributed by atoms with Gasteiger partial charge in [-0.15, -0.1) is 0 Å². The maximum atomic E-state index is 13.9. The minimum Gasteiger partial charge on any atom is -0.508 e. The highest BCUT2D eigenvalue weighted by Crippen LogP contribution is 2.54. The van der Waals surface area contributed by atoms with Gasteiger partial charge in [-0.05, 0) is 55.7 Å². The predicted molar refractivity (Wildman–Crippen MR) is 128 cm³/mol. The molecule has 4 atom stereocenters. The van der Waals surface area contributed by atoms with Gasteiger partial charge in [-0.25, -0.2) is 0 Å². The van der Waals surface area contributed by atoms with Crippen LogP contribution in [0.2, 0.25) is 0 Å². The third-order valence-corrected chi connectivity index (χ3v) is 8.75. The summed E-state index contributed by atoms with van der Waals surface area (Å²) in [6, 6.07) is 2.31. The van der Waals surface area contributed by atoms with Crippen molar-refractivity contribution in [3.05, 3.63) is 40.2 Å². The molecule has 10 heteroatoms. The van der Waals surface area contributed by atoms with Gasteiger partial charge in [0.1, 0.15) is 22.8 Å². The van der Waals surface area contributed by atoms with Crippen LogP contribution in [0.5, 0.6) is 5.75 Å². The maximum Gasteiger partial charge on any atom is 0.255 e. The van der Waals surface area contributed by atoms with Crippen LogP contribution < -0.4 is 10.6 Å².